The van der Waals surface area contributed by atoms with Gasteiger partial charge in [-0.25, -0.2) is 0 Å². The van der Waals surface area contributed by atoms with E-state index in [0.29, 0.717) is 13.1 Å². The average Bonchev–Trinajstić information content (AvgIpc) is 2.28. The molecule has 4 nitrogen and oxygen atoms in total. The first-order valence-electron chi connectivity index (χ1n) is 5.19. The van der Waals surface area contributed by atoms with E-state index in [-0.39, 0.29) is 18.1 Å². The SMILES string of the molecule is CC#CC(=O)N1CCC(OC)CC1CN. The van der Waals surface area contributed by atoms with Crippen molar-refractivity contribution < 1.29 is 9.53 Å². The van der Waals surface area contributed by atoms with Crippen molar-refractivity contribution >= 4 is 5.91 Å². The second kappa shape index (κ2) is 5.74. The van der Waals surface area contributed by atoms with Crippen molar-refractivity contribution in [3.8, 4) is 11.8 Å². The molecule has 0 radical (unpaired) electrons. The summed E-state index contributed by atoms with van der Waals surface area (Å²) in [5, 5.41) is 0. The predicted octanol–water partition coefficient (Wildman–Crippen LogP) is -0.0256. The van der Waals surface area contributed by atoms with E-state index in [2.05, 4.69) is 11.8 Å². The molecule has 0 spiro atoms. The van der Waals surface area contributed by atoms with Crippen LogP contribution < -0.4 is 5.73 Å². The summed E-state index contributed by atoms with van der Waals surface area (Å²) in [6.07, 6.45) is 1.89. The Morgan fingerprint density at radius 3 is 2.93 bits per heavy atom. The van der Waals surface area contributed by atoms with Gasteiger partial charge in [0.15, 0.2) is 0 Å². The summed E-state index contributed by atoms with van der Waals surface area (Å²) in [4.78, 5) is 13.4. The third-order valence-electron chi connectivity index (χ3n) is 2.77. The van der Waals surface area contributed by atoms with Gasteiger partial charge in [0.25, 0.3) is 5.91 Å². The maximum atomic E-state index is 11.6. The van der Waals surface area contributed by atoms with E-state index in [0.717, 1.165) is 12.8 Å². The number of piperidine rings is 1. The Kier molecular flexibility index (Phi) is 4.60. The molecule has 1 heterocycles. The number of nitrogens with two attached hydrogens (primary N) is 1. The minimum atomic E-state index is -0.123. The normalized spacial score (nSPS) is 25.7. The number of hydrogen-bond acceptors (Lipinski definition) is 3. The minimum Gasteiger partial charge on any atom is -0.381 e. The van der Waals surface area contributed by atoms with Crippen LogP contribution in [0.3, 0.4) is 0 Å². The van der Waals surface area contributed by atoms with Crippen LogP contribution in [0.1, 0.15) is 19.8 Å². The summed E-state index contributed by atoms with van der Waals surface area (Å²) < 4.78 is 5.28. The number of ether oxygens (including phenoxy) is 1. The molecule has 0 aromatic carbocycles. The van der Waals surface area contributed by atoms with Gasteiger partial charge in [0, 0.05) is 26.2 Å². The van der Waals surface area contributed by atoms with Gasteiger partial charge < -0.3 is 15.4 Å². The lowest BCUT2D eigenvalue weighted by Gasteiger charge is -2.37. The molecule has 0 bridgehead atoms. The Hall–Kier alpha value is -1.05. The quantitative estimate of drug-likeness (QED) is 0.651. The van der Waals surface area contributed by atoms with E-state index >= 15 is 0 Å². The molecule has 1 saturated heterocycles. The highest BCUT2D eigenvalue weighted by Crippen LogP contribution is 2.18. The Labute approximate surface area is 90.8 Å². The van der Waals surface area contributed by atoms with Crippen molar-refractivity contribution in [2.45, 2.75) is 31.9 Å². The van der Waals surface area contributed by atoms with Crippen molar-refractivity contribution in [3.05, 3.63) is 0 Å². The van der Waals surface area contributed by atoms with Crippen molar-refractivity contribution in [1.82, 2.24) is 4.90 Å². The molecular formula is C11H18N2O2. The standard InChI is InChI=1S/C11H18N2O2/c1-3-4-11(14)13-6-5-10(15-2)7-9(13)8-12/h9-10H,5-8,12H2,1-2H3. The lowest BCUT2D eigenvalue weighted by molar-refractivity contribution is -0.130. The summed E-state index contributed by atoms with van der Waals surface area (Å²) in [6.45, 7) is 2.82. The fourth-order valence-corrected chi connectivity index (χ4v) is 1.90. The third kappa shape index (κ3) is 2.95. The molecular weight excluding hydrogens is 192 g/mol. The van der Waals surface area contributed by atoms with Crippen molar-refractivity contribution in [1.29, 1.82) is 0 Å². The zero-order valence-corrected chi connectivity index (χ0v) is 9.32. The van der Waals surface area contributed by atoms with E-state index in [1.165, 1.54) is 0 Å². The topological polar surface area (TPSA) is 55.6 Å². The fraction of sp³-hybridized carbons (Fsp3) is 0.727. The molecule has 0 aliphatic carbocycles. The van der Waals surface area contributed by atoms with E-state index in [9.17, 15) is 4.79 Å². The third-order valence-corrected chi connectivity index (χ3v) is 2.77. The number of amides is 1. The number of methoxy groups -OCH3 is 1. The fourth-order valence-electron chi connectivity index (χ4n) is 1.90. The monoisotopic (exact) mass is 210 g/mol. The smallest absolute Gasteiger partial charge is 0.298 e. The number of likely N-dealkylation sites (tertiary alicyclic amines) is 1. The summed E-state index contributed by atoms with van der Waals surface area (Å²) in [5.41, 5.74) is 5.65. The molecule has 4 heteroatoms. The maximum Gasteiger partial charge on any atom is 0.298 e. The zero-order valence-electron chi connectivity index (χ0n) is 9.32. The van der Waals surface area contributed by atoms with Gasteiger partial charge in [-0.05, 0) is 25.7 Å². The van der Waals surface area contributed by atoms with Crippen LogP contribution in [-0.4, -0.2) is 43.2 Å². The molecule has 15 heavy (non-hydrogen) atoms. The Bertz CT molecular complexity index is 280. The van der Waals surface area contributed by atoms with Gasteiger partial charge in [0.05, 0.1) is 6.10 Å². The molecule has 1 fully saturated rings. The highest BCUT2D eigenvalue weighted by molar-refractivity contribution is 5.93. The molecule has 1 amide bonds. The van der Waals surface area contributed by atoms with Gasteiger partial charge in [0.1, 0.15) is 0 Å². The number of carbonyl (C=O) groups is 1. The van der Waals surface area contributed by atoms with Crippen LogP contribution >= 0.6 is 0 Å². The van der Waals surface area contributed by atoms with Crippen LogP contribution in [0.15, 0.2) is 0 Å². The van der Waals surface area contributed by atoms with Gasteiger partial charge in [-0.1, -0.05) is 5.92 Å². The second-order valence-electron chi connectivity index (χ2n) is 3.65. The number of rotatable bonds is 2. The van der Waals surface area contributed by atoms with E-state index < -0.39 is 0 Å². The molecule has 1 aliphatic heterocycles. The van der Waals surface area contributed by atoms with E-state index in [1.54, 1.807) is 18.9 Å². The summed E-state index contributed by atoms with van der Waals surface area (Å²) in [7, 11) is 1.70. The van der Waals surface area contributed by atoms with Gasteiger partial charge in [-0.2, -0.15) is 0 Å². The molecule has 0 saturated carbocycles. The first-order chi connectivity index (χ1) is 7.22. The highest BCUT2D eigenvalue weighted by atomic mass is 16.5. The van der Waals surface area contributed by atoms with Crippen LogP contribution in [0.2, 0.25) is 0 Å². The lowest BCUT2D eigenvalue weighted by atomic mass is 9.99. The van der Waals surface area contributed by atoms with Crippen LogP contribution in [0, 0.1) is 11.8 Å². The molecule has 2 atom stereocenters. The highest BCUT2D eigenvalue weighted by Gasteiger charge is 2.29. The van der Waals surface area contributed by atoms with Gasteiger partial charge in [-0.3, -0.25) is 4.79 Å². The number of carbonyl (C=O) groups excluding carboxylic acids is 1. The van der Waals surface area contributed by atoms with E-state index in [4.69, 9.17) is 10.5 Å². The maximum absolute atomic E-state index is 11.6. The van der Waals surface area contributed by atoms with Crippen LogP contribution in [-0.2, 0) is 9.53 Å². The largest absolute Gasteiger partial charge is 0.381 e. The Morgan fingerprint density at radius 1 is 1.67 bits per heavy atom. The molecule has 1 aliphatic rings. The van der Waals surface area contributed by atoms with Crippen LogP contribution in [0.25, 0.3) is 0 Å². The van der Waals surface area contributed by atoms with Crippen molar-refractivity contribution in [3.63, 3.8) is 0 Å². The van der Waals surface area contributed by atoms with Crippen molar-refractivity contribution in [2.24, 2.45) is 5.73 Å². The van der Waals surface area contributed by atoms with Crippen LogP contribution in [0.5, 0.6) is 0 Å². The number of nitrogens with zero attached hydrogens (tertiary/aromatic N) is 1. The molecule has 0 aromatic heterocycles. The summed E-state index contributed by atoms with van der Waals surface area (Å²) in [5.74, 6) is 5.05. The summed E-state index contributed by atoms with van der Waals surface area (Å²) >= 11 is 0. The predicted molar refractivity (Wildman–Crippen MR) is 58.0 cm³/mol. The Morgan fingerprint density at radius 2 is 2.40 bits per heavy atom. The number of hydrogen-bond donors (Lipinski definition) is 1. The van der Waals surface area contributed by atoms with Gasteiger partial charge in [-0.15, -0.1) is 0 Å². The second-order valence-corrected chi connectivity index (χ2v) is 3.65. The zero-order chi connectivity index (χ0) is 11.3. The van der Waals surface area contributed by atoms with Gasteiger partial charge in [0.2, 0.25) is 0 Å². The molecule has 2 N–H and O–H groups in total. The van der Waals surface area contributed by atoms with Crippen molar-refractivity contribution in [2.75, 3.05) is 20.2 Å². The first-order valence-corrected chi connectivity index (χ1v) is 5.19. The molecule has 1 rings (SSSR count). The van der Waals surface area contributed by atoms with E-state index in [1.807, 2.05) is 0 Å². The molecule has 84 valence electrons. The Balaban J connectivity index is 2.64. The average molecular weight is 210 g/mol. The minimum absolute atomic E-state index is 0.0667. The van der Waals surface area contributed by atoms with Crippen LogP contribution in [0.4, 0.5) is 0 Å². The lowest BCUT2D eigenvalue weighted by Crippen LogP contribution is -2.50. The molecule has 0 aromatic rings. The molecule has 2 unspecified atom stereocenters. The van der Waals surface area contributed by atoms with Gasteiger partial charge >= 0.3 is 0 Å². The first kappa shape index (κ1) is 12.0. The summed E-state index contributed by atoms with van der Waals surface area (Å²) in [6, 6.07) is 0.0667.